The maximum absolute atomic E-state index is 14.0. The molecule has 1 aliphatic heterocycles. The molecule has 1 fully saturated rings. The Morgan fingerprint density at radius 2 is 1.86 bits per heavy atom. The van der Waals surface area contributed by atoms with Crippen LogP contribution in [0.2, 0.25) is 0 Å². The van der Waals surface area contributed by atoms with Crippen molar-refractivity contribution in [1.29, 1.82) is 0 Å². The van der Waals surface area contributed by atoms with Crippen LogP contribution in [0.5, 0.6) is 0 Å². The number of aryl methyl sites for hydroxylation is 1. The van der Waals surface area contributed by atoms with Crippen molar-refractivity contribution in [3.8, 4) is 0 Å². The number of rotatable bonds is 7. The van der Waals surface area contributed by atoms with Crippen molar-refractivity contribution < 1.29 is 26.5 Å². The molecule has 0 saturated carbocycles. The molecule has 1 aromatic heterocycles. The number of halogens is 3. The molecule has 0 bridgehead atoms. The van der Waals surface area contributed by atoms with Gasteiger partial charge in [0, 0.05) is 41.7 Å². The van der Waals surface area contributed by atoms with Crippen molar-refractivity contribution in [2.24, 2.45) is 5.92 Å². The van der Waals surface area contributed by atoms with Crippen LogP contribution >= 0.6 is 15.9 Å². The maximum atomic E-state index is 14.0. The number of hydrogen-bond acceptors (Lipinski definition) is 5. The Morgan fingerprint density at radius 1 is 1.17 bits per heavy atom. The van der Waals surface area contributed by atoms with Crippen molar-refractivity contribution >= 4 is 44.0 Å². The van der Waals surface area contributed by atoms with Crippen molar-refractivity contribution in [2.75, 3.05) is 13.1 Å². The van der Waals surface area contributed by atoms with Gasteiger partial charge in [-0.2, -0.15) is 4.31 Å². The van der Waals surface area contributed by atoms with Crippen LogP contribution in [-0.4, -0.2) is 36.9 Å². The Labute approximate surface area is 216 Å². The molecule has 2 heterocycles. The van der Waals surface area contributed by atoms with Crippen LogP contribution in [0.15, 0.2) is 56.4 Å². The third-order valence-electron chi connectivity index (χ3n) is 6.01. The van der Waals surface area contributed by atoms with Gasteiger partial charge in [0.2, 0.25) is 15.9 Å². The second-order valence-electron chi connectivity index (χ2n) is 8.48. The van der Waals surface area contributed by atoms with E-state index in [2.05, 4.69) is 26.4 Å². The highest BCUT2D eigenvalue weighted by atomic mass is 79.9. The second-order valence-corrected chi connectivity index (χ2v) is 11.3. The van der Waals surface area contributed by atoms with Crippen molar-refractivity contribution in [2.45, 2.75) is 31.2 Å². The number of hydrogen-bond donors (Lipinski definition) is 1. The van der Waals surface area contributed by atoms with E-state index in [1.807, 2.05) is 24.3 Å². The van der Waals surface area contributed by atoms with Gasteiger partial charge in [-0.3, -0.25) is 4.79 Å². The molecule has 0 aliphatic carbocycles. The van der Waals surface area contributed by atoms with Crippen molar-refractivity contribution in [3.05, 3.63) is 81.2 Å². The minimum atomic E-state index is -3.97. The smallest absolute Gasteiger partial charge is 0.248 e. The maximum Gasteiger partial charge on any atom is 0.248 e. The van der Waals surface area contributed by atoms with Gasteiger partial charge < -0.3 is 9.84 Å². The Hall–Kier alpha value is -2.89. The van der Waals surface area contributed by atoms with Gasteiger partial charge >= 0.3 is 0 Å². The molecule has 0 unspecified atom stereocenters. The van der Waals surface area contributed by atoms with Crippen LogP contribution in [-0.2, 0) is 21.4 Å². The summed E-state index contributed by atoms with van der Waals surface area (Å²) in [7, 11) is -3.97. The number of nitrogens with one attached hydrogen (secondary N) is 1. The molecular formula is C25H24BrF2N3O4S. The number of nitrogens with zero attached hydrogens (tertiary/aromatic N) is 2. The Morgan fingerprint density at radius 3 is 2.53 bits per heavy atom. The molecule has 11 heteroatoms. The summed E-state index contributed by atoms with van der Waals surface area (Å²) in [5, 5.41) is 6.69. The van der Waals surface area contributed by atoms with E-state index in [1.54, 1.807) is 0 Å². The molecule has 0 spiro atoms. The van der Waals surface area contributed by atoms with E-state index in [0.29, 0.717) is 19.4 Å². The van der Waals surface area contributed by atoms with Crippen LogP contribution in [0.4, 0.5) is 8.78 Å². The zero-order valence-electron chi connectivity index (χ0n) is 19.4. The summed E-state index contributed by atoms with van der Waals surface area (Å²) in [6, 6.07) is 10.7. The third kappa shape index (κ3) is 5.91. The highest BCUT2D eigenvalue weighted by Gasteiger charge is 2.35. The van der Waals surface area contributed by atoms with Crippen LogP contribution in [0.3, 0.4) is 0 Å². The molecule has 4 rings (SSSR count). The van der Waals surface area contributed by atoms with E-state index in [4.69, 9.17) is 4.52 Å². The van der Waals surface area contributed by atoms with Gasteiger partial charge in [-0.25, -0.2) is 17.2 Å². The van der Waals surface area contributed by atoms with Gasteiger partial charge in [-0.15, -0.1) is 0 Å². The summed E-state index contributed by atoms with van der Waals surface area (Å²) in [5.41, 5.74) is 1.21. The fraction of sp³-hybridized carbons (Fsp3) is 0.280. The molecule has 1 saturated heterocycles. The molecule has 190 valence electrons. The lowest BCUT2D eigenvalue weighted by Crippen LogP contribution is -2.43. The number of carbonyl (C=O) groups is 1. The van der Waals surface area contributed by atoms with Crippen LogP contribution in [0, 0.1) is 24.5 Å². The van der Waals surface area contributed by atoms with Gasteiger partial charge in [-0.1, -0.05) is 33.2 Å². The first-order valence-electron chi connectivity index (χ1n) is 11.3. The minimum Gasteiger partial charge on any atom is -0.355 e. The minimum absolute atomic E-state index is 0.0504. The lowest BCUT2D eigenvalue weighted by molar-refractivity contribution is -0.126. The third-order valence-corrected chi connectivity index (χ3v) is 8.60. The lowest BCUT2D eigenvalue weighted by atomic mass is 9.97. The molecule has 2 aromatic carbocycles. The summed E-state index contributed by atoms with van der Waals surface area (Å²) in [5.74, 6) is -1.95. The van der Waals surface area contributed by atoms with E-state index >= 15 is 0 Å². The molecule has 36 heavy (non-hydrogen) atoms. The fourth-order valence-electron chi connectivity index (χ4n) is 4.02. The molecular weight excluding hydrogens is 556 g/mol. The van der Waals surface area contributed by atoms with Crippen LogP contribution in [0.1, 0.15) is 35.4 Å². The molecule has 1 N–H and O–H groups in total. The predicted molar refractivity (Wildman–Crippen MR) is 134 cm³/mol. The molecule has 7 nitrogen and oxygen atoms in total. The highest BCUT2D eigenvalue weighted by molar-refractivity contribution is 9.10. The average molecular weight is 580 g/mol. The Bertz CT molecular complexity index is 1380. The summed E-state index contributed by atoms with van der Waals surface area (Å²) in [4.78, 5) is 12.5. The first-order chi connectivity index (χ1) is 17.1. The lowest BCUT2D eigenvalue weighted by Gasteiger charge is -2.30. The zero-order chi connectivity index (χ0) is 25.9. The van der Waals surface area contributed by atoms with E-state index in [1.165, 1.54) is 29.4 Å². The highest BCUT2D eigenvalue weighted by Crippen LogP contribution is 2.29. The Balaban J connectivity index is 1.41. The van der Waals surface area contributed by atoms with E-state index in [0.717, 1.165) is 22.2 Å². The zero-order valence-corrected chi connectivity index (χ0v) is 21.8. The molecule has 1 amide bonds. The molecule has 1 aliphatic rings. The number of amides is 1. The quantitative estimate of drug-likeness (QED) is 0.429. The standard InChI is InChI=1S/C25H24BrF2N3O4S/c1-16-24(23(35-30-16)9-5-18-4-8-21(27)14-22(18)28)36(33,34)31-12-10-19(11-13-31)25(32)29-15-17-2-6-20(26)7-3-17/h2-9,14,19H,10-13,15H2,1H3,(H,29,32)/b9-5+. The SMILES string of the molecule is Cc1noc(/C=C/c2ccc(F)cc2F)c1S(=O)(=O)N1CCC(C(=O)NCc2ccc(Br)cc2)CC1. The Kier molecular flexibility index (Phi) is 8.01. The molecule has 0 radical (unpaired) electrons. The molecule has 3 aromatic rings. The summed E-state index contributed by atoms with van der Waals surface area (Å²) in [6.07, 6.45) is 3.35. The predicted octanol–water partition coefficient (Wildman–Crippen LogP) is 4.91. The van der Waals surface area contributed by atoms with E-state index in [-0.39, 0.29) is 46.8 Å². The van der Waals surface area contributed by atoms with Gasteiger partial charge in [0.15, 0.2) is 10.7 Å². The van der Waals surface area contributed by atoms with Crippen LogP contribution < -0.4 is 5.32 Å². The average Bonchev–Trinajstić information content (AvgIpc) is 3.24. The van der Waals surface area contributed by atoms with Crippen LogP contribution in [0.25, 0.3) is 12.2 Å². The van der Waals surface area contributed by atoms with Crippen molar-refractivity contribution in [1.82, 2.24) is 14.8 Å². The fourth-order valence-corrected chi connectivity index (χ4v) is 6.01. The first kappa shape index (κ1) is 26.2. The summed E-state index contributed by atoms with van der Waals surface area (Å²) in [6.45, 7) is 2.24. The number of sulfonamides is 1. The van der Waals surface area contributed by atoms with E-state index < -0.39 is 21.7 Å². The largest absolute Gasteiger partial charge is 0.355 e. The normalized spacial score (nSPS) is 15.4. The van der Waals surface area contributed by atoms with E-state index in [9.17, 15) is 22.0 Å². The van der Waals surface area contributed by atoms with Gasteiger partial charge in [0.25, 0.3) is 0 Å². The summed E-state index contributed by atoms with van der Waals surface area (Å²) < 4.78 is 61.3. The number of aromatic nitrogens is 1. The topological polar surface area (TPSA) is 92.5 Å². The summed E-state index contributed by atoms with van der Waals surface area (Å²) >= 11 is 3.38. The number of piperidine rings is 1. The van der Waals surface area contributed by atoms with Crippen molar-refractivity contribution in [3.63, 3.8) is 0 Å². The van der Waals surface area contributed by atoms with Gasteiger partial charge in [0.1, 0.15) is 17.3 Å². The first-order valence-corrected chi connectivity index (χ1v) is 13.5. The van der Waals surface area contributed by atoms with Gasteiger partial charge in [0.05, 0.1) is 0 Å². The second kappa shape index (κ2) is 11.0. The molecule has 0 atom stereocenters. The van der Waals surface area contributed by atoms with Gasteiger partial charge in [-0.05, 0) is 61.7 Å². The monoisotopic (exact) mass is 579 g/mol. The number of benzene rings is 2. The number of carbonyl (C=O) groups excluding carboxylic acids is 1.